The lowest BCUT2D eigenvalue weighted by Gasteiger charge is -2.08. The molecule has 19 heavy (non-hydrogen) atoms. The SMILES string of the molecule is Cc1noc(C)c1CNc1ncc(C(=O)O)cc1N. The van der Waals surface area contributed by atoms with Gasteiger partial charge in [0.15, 0.2) is 0 Å². The maximum atomic E-state index is 10.8. The Balaban J connectivity index is 2.14. The summed E-state index contributed by atoms with van der Waals surface area (Å²) in [5, 5.41) is 15.7. The van der Waals surface area contributed by atoms with E-state index in [0.717, 1.165) is 17.0 Å². The van der Waals surface area contributed by atoms with Crippen LogP contribution >= 0.6 is 0 Å². The second kappa shape index (κ2) is 4.97. The van der Waals surface area contributed by atoms with Crippen LogP contribution in [0.5, 0.6) is 0 Å². The Morgan fingerprint density at radius 2 is 2.26 bits per heavy atom. The van der Waals surface area contributed by atoms with E-state index < -0.39 is 5.97 Å². The number of aromatic nitrogens is 2. The highest BCUT2D eigenvalue weighted by Gasteiger charge is 2.11. The number of hydrogen-bond acceptors (Lipinski definition) is 6. The third-order valence-corrected chi connectivity index (χ3v) is 2.78. The molecule has 0 amide bonds. The normalized spacial score (nSPS) is 10.4. The lowest BCUT2D eigenvalue weighted by molar-refractivity contribution is 0.0696. The van der Waals surface area contributed by atoms with Gasteiger partial charge in [-0.2, -0.15) is 0 Å². The van der Waals surface area contributed by atoms with Gasteiger partial charge in [-0.15, -0.1) is 0 Å². The Labute approximate surface area is 109 Å². The van der Waals surface area contributed by atoms with Crippen LogP contribution in [0.25, 0.3) is 0 Å². The molecule has 2 heterocycles. The number of aromatic carboxylic acids is 1. The highest BCUT2D eigenvalue weighted by Crippen LogP contribution is 2.19. The Morgan fingerprint density at radius 3 is 2.79 bits per heavy atom. The fourth-order valence-corrected chi connectivity index (χ4v) is 1.67. The van der Waals surface area contributed by atoms with E-state index in [4.69, 9.17) is 15.4 Å². The van der Waals surface area contributed by atoms with Crippen LogP contribution in [0.1, 0.15) is 27.4 Å². The maximum absolute atomic E-state index is 10.8. The minimum absolute atomic E-state index is 0.0559. The van der Waals surface area contributed by atoms with Crippen molar-refractivity contribution < 1.29 is 14.4 Å². The van der Waals surface area contributed by atoms with E-state index in [2.05, 4.69) is 15.5 Å². The van der Waals surface area contributed by atoms with Gasteiger partial charge in [0.2, 0.25) is 0 Å². The molecule has 7 heteroatoms. The molecule has 0 atom stereocenters. The van der Waals surface area contributed by atoms with E-state index in [1.807, 2.05) is 13.8 Å². The summed E-state index contributed by atoms with van der Waals surface area (Å²) < 4.78 is 5.05. The van der Waals surface area contributed by atoms with Crippen molar-refractivity contribution in [2.45, 2.75) is 20.4 Å². The van der Waals surface area contributed by atoms with Crippen LogP contribution in [0.2, 0.25) is 0 Å². The third-order valence-electron chi connectivity index (χ3n) is 2.78. The third kappa shape index (κ3) is 2.65. The average molecular weight is 262 g/mol. The number of nitrogen functional groups attached to an aromatic ring is 1. The molecule has 2 aromatic rings. The highest BCUT2D eigenvalue weighted by molar-refractivity contribution is 5.89. The molecule has 0 saturated carbocycles. The number of carboxylic acids is 1. The molecule has 0 aliphatic heterocycles. The number of carboxylic acid groups (broad SMARTS) is 1. The van der Waals surface area contributed by atoms with Crippen molar-refractivity contribution in [2.75, 3.05) is 11.1 Å². The van der Waals surface area contributed by atoms with Gasteiger partial charge in [-0.3, -0.25) is 0 Å². The Kier molecular flexibility index (Phi) is 3.37. The molecular formula is C12H14N4O3. The number of anilines is 2. The van der Waals surface area contributed by atoms with Crippen molar-refractivity contribution in [1.82, 2.24) is 10.1 Å². The molecule has 0 spiro atoms. The van der Waals surface area contributed by atoms with E-state index in [1.165, 1.54) is 12.3 Å². The molecule has 0 aromatic carbocycles. The molecule has 0 fully saturated rings. The Bertz CT molecular complexity index is 602. The van der Waals surface area contributed by atoms with E-state index in [0.29, 0.717) is 12.4 Å². The minimum Gasteiger partial charge on any atom is -0.478 e. The molecule has 100 valence electrons. The number of pyridine rings is 1. The van der Waals surface area contributed by atoms with Gasteiger partial charge >= 0.3 is 5.97 Å². The predicted octanol–water partition coefficient (Wildman–Crippen LogP) is 1.58. The zero-order valence-electron chi connectivity index (χ0n) is 10.6. The van der Waals surface area contributed by atoms with Gasteiger partial charge in [0.25, 0.3) is 0 Å². The van der Waals surface area contributed by atoms with Crippen molar-refractivity contribution in [1.29, 1.82) is 0 Å². The van der Waals surface area contributed by atoms with Crippen LogP contribution in [0.15, 0.2) is 16.8 Å². The molecule has 0 aliphatic rings. The number of rotatable bonds is 4. The van der Waals surface area contributed by atoms with E-state index in [1.54, 1.807) is 0 Å². The first-order valence-corrected chi connectivity index (χ1v) is 5.63. The summed E-state index contributed by atoms with van der Waals surface area (Å²) in [4.78, 5) is 14.8. The monoisotopic (exact) mass is 262 g/mol. The molecule has 2 rings (SSSR count). The number of aryl methyl sites for hydroxylation is 2. The molecule has 2 aromatic heterocycles. The minimum atomic E-state index is -1.06. The first-order chi connectivity index (χ1) is 8.99. The number of nitrogens with two attached hydrogens (primary N) is 1. The fraction of sp³-hybridized carbons (Fsp3) is 0.250. The first-order valence-electron chi connectivity index (χ1n) is 5.63. The van der Waals surface area contributed by atoms with Crippen LogP contribution < -0.4 is 11.1 Å². The predicted molar refractivity (Wildman–Crippen MR) is 68.9 cm³/mol. The summed E-state index contributed by atoms with van der Waals surface area (Å²) in [6.07, 6.45) is 1.26. The van der Waals surface area contributed by atoms with Gasteiger partial charge in [-0.05, 0) is 19.9 Å². The van der Waals surface area contributed by atoms with Gasteiger partial charge in [-0.25, -0.2) is 9.78 Å². The lowest BCUT2D eigenvalue weighted by atomic mass is 10.2. The van der Waals surface area contributed by atoms with Crippen LogP contribution in [-0.2, 0) is 6.54 Å². The topological polar surface area (TPSA) is 114 Å². The maximum Gasteiger partial charge on any atom is 0.337 e. The molecule has 7 nitrogen and oxygen atoms in total. The summed E-state index contributed by atoms with van der Waals surface area (Å²) in [5.41, 5.74) is 7.82. The van der Waals surface area contributed by atoms with Crippen LogP contribution in [-0.4, -0.2) is 21.2 Å². The second-order valence-electron chi connectivity index (χ2n) is 4.12. The number of nitrogens with zero attached hydrogens (tertiary/aromatic N) is 2. The van der Waals surface area contributed by atoms with Crippen molar-refractivity contribution >= 4 is 17.5 Å². The van der Waals surface area contributed by atoms with Crippen LogP contribution in [0.4, 0.5) is 11.5 Å². The van der Waals surface area contributed by atoms with E-state index in [-0.39, 0.29) is 11.3 Å². The van der Waals surface area contributed by atoms with E-state index >= 15 is 0 Å². The van der Waals surface area contributed by atoms with Crippen molar-refractivity contribution in [2.24, 2.45) is 0 Å². The smallest absolute Gasteiger partial charge is 0.337 e. The number of hydrogen-bond donors (Lipinski definition) is 3. The summed E-state index contributed by atoms with van der Waals surface area (Å²) in [7, 11) is 0. The average Bonchev–Trinajstić information content (AvgIpc) is 2.68. The summed E-state index contributed by atoms with van der Waals surface area (Å²) in [6, 6.07) is 1.37. The number of carbonyl (C=O) groups is 1. The second-order valence-corrected chi connectivity index (χ2v) is 4.12. The van der Waals surface area contributed by atoms with Crippen LogP contribution in [0.3, 0.4) is 0 Å². The van der Waals surface area contributed by atoms with Gasteiger partial charge in [-0.1, -0.05) is 5.16 Å². The van der Waals surface area contributed by atoms with Crippen molar-refractivity contribution in [3.8, 4) is 0 Å². The van der Waals surface area contributed by atoms with E-state index in [9.17, 15) is 4.79 Å². The molecule has 0 bridgehead atoms. The zero-order valence-corrected chi connectivity index (χ0v) is 10.6. The summed E-state index contributed by atoms with van der Waals surface area (Å²) >= 11 is 0. The van der Waals surface area contributed by atoms with Gasteiger partial charge < -0.3 is 20.7 Å². The quantitative estimate of drug-likeness (QED) is 0.766. The highest BCUT2D eigenvalue weighted by atomic mass is 16.5. The first kappa shape index (κ1) is 12.9. The van der Waals surface area contributed by atoms with Gasteiger partial charge in [0.05, 0.1) is 16.9 Å². The standard InChI is InChI=1S/C12H14N4O3/c1-6-9(7(2)19-16-6)5-15-11-10(13)3-8(4-14-11)12(17)18/h3-4H,5,13H2,1-2H3,(H,14,15)(H,17,18). The van der Waals surface area contributed by atoms with Crippen molar-refractivity contribution in [3.63, 3.8) is 0 Å². The molecule has 0 saturated heterocycles. The molecule has 4 N–H and O–H groups in total. The lowest BCUT2D eigenvalue weighted by Crippen LogP contribution is -2.07. The summed E-state index contributed by atoms with van der Waals surface area (Å²) in [5.74, 6) is 0.104. The molecule has 0 aliphatic carbocycles. The van der Waals surface area contributed by atoms with Gasteiger partial charge in [0, 0.05) is 18.3 Å². The fourth-order valence-electron chi connectivity index (χ4n) is 1.67. The molecular weight excluding hydrogens is 248 g/mol. The molecule has 0 unspecified atom stereocenters. The Morgan fingerprint density at radius 1 is 1.53 bits per heavy atom. The largest absolute Gasteiger partial charge is 0.478 e. The molecule has 0 radical (unpaired) electrons. The number of nitrogens with one attached hydrogen (secondary N) is 1. The van der Waals surface area contributed by atoms with Gasteiger partial charge in [0.1, 0.15) is 11.6 Å². The summed E-state index contributed by atoms with van der Waals surface area (Å²) in [6.45, 7) is 4.13. The van der Waals surface area contributed by atoms with Crippen LogP contribution in [0, 0.1) is 13.8 Å². The van der Waals surface area contributed by atoms with Crippen molar-refractivity contribution in [3.05, 3.63) is 34.8 Å². The zero-order chi connectivity index (χ0) is 14.0. The Hall–Kier alpha value is -2.57.